The molecule has 0 heterocycles. The van der Waals surface area contributed by atoms with E-state index < -0.39 is 0 Å². The molecule has 4 heteroatoms. The van der Waals surface area contributed by atoms with Gasteiger partial charge in [0.05, 0.1) is 0 Å². The maximum Gasteiger partial charge on any atom is 0.262 e. The van der Waals surface area contributed by atoms with E-state index >= 15 is 0 Å². The van der Waals surface area contributed by atoms with Crippen molar-refractivity contribution >= 4 is 11.6 Å². The Morgan fingerprint density at radius 2 is 2.00 bits per heavy atom. The molecule has 0 saturated heterocycles. The van der Waals surface area contributed by atoms with Crippen LogP contribution in [0.3, 0.4) is 0 Å². The van der Waals surface area contributed by atoms with E-state index in [0.29, 0.717) is 17.4 Å². The number of para-hydroxylation sites is 1. The fourth-order valence-corrected chi connectivity index (χ4v) is 2.30. The second-order valence-electron chi connectivity index (χ2n) is 5.64. The lowest BCUT2D eigenvalue weighted by Gasteiger charge is -2.15. The largest absolute Gasteiger partial charge is 0.483 e. The smallest absolute Gasteiger partial charge is 0.262 e. The Hall–Kier alpha value is -2.36. The van der Waals surface area contributed by atoms with E-state index in [9.17, 15) is 9.18 Å². The Morgan fingerprint density at radius 3 is 2.74 bits per heavy atom. The van der Waals surface area contributed by atoms with E-state index in [1.165, 1.54) is 12.1 Å². The van der Waals surface area contributed by atoms with Gasteiger partial charge in [0.1, 0.15) is 11.6 Å². The van der Waals surface area contributed by atoms with E-state index in [4.69, 9.17) is 4.74 Å². The van der Waals surface area contributed by atoms with Gasteiger partial charge in [-0.25, -0.2) is 4.39 Å². The molecule has 2 rings (SSSR count). The van der Waals surface area contributed by atoms with Gasteiger partial charge in [0.2, 0.25) is 0 Å². The Bertz CT molecular complexity index is 685. The Balaban J connectivity index is 2.01. The highest BCUT2D eigenvalue weighted by Crippen LogP contribution is 2.28. The number of rotatable bonds is 6. The maximum absolute atomic E-state index is 13.2. The van der Waals surface area contributed by atoms with Gasteiger partial charge in [0, 0.05) is 5.69 Å². The first-order valence-corrected chi connectivity index (χ1v) is 7.79. The fraction of sp³-hybridized carbons (Fsp3) is 0.316. The molecule has 0 radical (unpaired) electrons. The molecule has 1 N–H and O–H groups in total. The van der Waals surface area contributed by atoms with Crippen LogP contribution in [0.5, 0.6) is 5.75 Å². The third kappa shape index (κ3) is 4.55. The van der Waals surface area contributed by atoms with Crippen LogP contribution in [0, 0.1) is 12.7 Å². The number of anilines is 1. The van der Waals surface area contributed by atoms with Crippen molar-refractivity contribution in [1.29, 1.82) is 0 Å². The van der Waals surface area contributed by atoms with Crippen LogP contribution < -0.4 is 10.1 Å². The number of ether oxygens (including phenoxy) is 1. The minimum atomic E-state index is -0.381. The van der Waals surface area contributed by atoms with Gasteiger partial charge in [-0.3, -0.25) is 4.79 Å². The second-order valence-corrected chi connectivity index (χ2v) is 5.64. The van der Waals surface area contributed by atoms with Gasteiger partial charge in [-0.2, -0.15) is 0 Å². The van der Waals surface area contributed by atoms with Gasteiger partial charge in [0.25, 0.3) is 5.91 Å². The van der Waals surface area contributed by atoms with Gasteiger partial charge in [-0.05, 0) is 48.6 Å². The Labute approximate surface area is 136 Å². The fourth-order valence-electron chi connectivity index (χ4n) is 2.30. The highest BCUT2D eigenvalue weighted by molar-refractivity contribution is 5.92. The molecular weight excluding hydrogens is 293 g/mol. The molecule has 0 aliphatic heterocycles. The molecule has 0 aromatic heterocycles. The van der Waals surface area contributed by atoms with Gasteiger partial charge in [-0.15, -0.1) is 0 Å². The molecule has 0 aliphatic rings. The number of carbonyl (C=O) groups is 1. The summed E-state index contributed by atoms with van der Waals surface area (Å²) in [6.45, 7) is 5.94. The topological polar surface area (TPSA) is 38.3 Å². The molecule has 0 fully saturated rings. The Morgan fingerprint density at radius 1 is 1.26 bits per heavy atom. The lowest BCUT2D eigenvalue weighted by molar-refractivity contribution is -0.118. The van der Waals surface area contributed by atoms with Crippen molar-refractivity contribution < 1.29 is 13.9 Å². The molecule has 0 saturated carbocycles. The summed E-state index contributed by atoms with van der Waals surface area (Å²) in [5.41, 5.74) is 2.36. The quantitative estimate of drug-likeness (QED) is 0.841. The van der Waals surface area contributed by atoms with Crippen LogP contribution in [0.1, 0.15) is 37.3 Å². The number of nitrogens with one attached hydrogen (secondary N) is 1. The third-order valence-electron chi connectivity index (χ3n) is 3.89. The normalized spacial score (nSPS) is 11.8. The van der Waals surface area contributed by atoms with Gasteiger partial charge < -0.3 is 10.1 Å². The van der Waals surface area contributed by atoms with E-state index in [0.717, 1.165) is 17.5 Å². The number of carbonyl (C=O) groups excluding carboxylic acids is 1. The molecule has 1 unspecified atom stereocenters. The summed E-state index contributed by atoms with van der Waals surface area (Å²) >= 11 is 0. The standard InChI is InChI=1S/C19H22FNO2/c1-4-13(2)16-7-5-6-8-18(16)23-12-19(22)21-17-11-15(20)10-9-14(17)3/h5-11,13H,4,12H2,1-3H3,(H,21,22). The van der Waals surface area contributed by atoms with Crippen LogP contribution >= 0.6 is 0 Å². The zero-order valence-corrected chi connectivity index (χ0v) is 13.7. The van der Waals surface area contributed by atoms with Gasteiger partial charge >= 0.3 is 0 Å². The summed E-state index contributed by atoms with van der Waals surface area (Å²) < 4.78 is 18.9. The van der Waals surface area contributed by atoms with E-state index in [-0.39, 0.29) is 18.3 Å². The van der Waals surface area contributed by atoms with Crippen molar-refractivity contribution in [2.45, 2.75) is 33.1 Å². The monoisotopic (exact) mass is 315 g/mol. The molecule has 1 amide bonds. The number of halogens is 1. The predicted octanol–water partition coefficient (Wildman–Crippen LogP) is 4.67. The summed E-state index contributed by atoms with van der Waals surface area (Å²) in [6.07, 6.45) is 0.995. The zero-order valence-electron chi connectivity index (χ0n) is 13.7. The molecular formula is C19H22FNO2. The highest BCUT2D eigenvalue weighted by Gasteiger charge is 2.12. The van der Waals surface area contributed by atoms with Crippen LogP contribution in [0.15, 0.2) is 42.5 Å². The highest BCUT2D eigenvalue weighted by atomic mass is 19.1. The first-order chi connectivity index (χ1) is 11.0. The lowest BCUT2D eigenvalue weighted by Crippen LogP contribution is -2.21. The zero-order chi connectivity index (χ0) is 16.8. The molecule has 23 heavy (non-hydrogen) atoms. The summed E-state index contributed by atoms with van der Waals surface area (Å²) in [5.74, 6) is 0.388. The van der Waals surface area contributed by atoms with Crippen molar-refractivity contribution in [2.75, 3.05) is 11.9 Å². The van der Waals surface area contributed by atoms with Crippen molar-refractivity contribution in [3.8, 4) is 5.75 Å². The molecule has 0 aliphatic carbocycles. The molecule has 1 atom stereocenters. The van der Waals surface area contributed by atoms with E-state index in [1.807, 2.05) is 31.2 Å². The average Bonchev–Trinajstić information content (AvgIpc) is 2.56. The molecule has 2 aromatic rings. The summed E-state index contributed by atoms with van der Waals surface area (Å²) in [4.78, 5) is 12.0. The molecule has 0 spiro atoms. The minimum Gasteiger partial charge on any atom is -0.483 e. The van der Waals surface area contributed by atoms with Gasteiger partial charge in [0.15, 0.2) is 6.61 Å². The van der Waals surface area contributed by atoms with E-state index in [1.54, 1.807) is 6.07 Å². The van der Waals surface area contributed by atoms with Crippen LogP contribution in [-0.4, -0.2) is 12.5 Å². The van der Waals surface area contributed by atoms with Crippen LogP contribution in [0.25, 0.3) is 0 Å². The third-order valence-corrected chi connectivity index (χ3v) is 3.89. The average molecular weight is 315 g/mol. The Kier molecular flexibility index (Phi) is 5.74. The van der Waals surface area contributed by atoms with Crippen LogP contribution in [-0.2, 0) is 4.79 Å². The summed E-state index contributed by atoms with van der Waals surface area (Å²) in [5, 5.41) is 2.68. The van der Waals surface area contributed by atoms with Crippen LogP contribution in [0.2, 0.25) is 0 Å². The van der Waals surface area contributed by atoms with Gasteiger partial charge in [-0.1, -0.05) is 38.1 Å². The van der Waals surface area contributed by atoms with Crippen LogP contribution in [0.4, 0.5) is 10.1 Å². The first kappa shape index (κ1) is 17.0. The first-order valence-electron chi connectivity index (χ1n) is 7.79. The lowest BCUT2D eigenvalue weighted by atomic mass is 9.98. The summed E-state index contributed by atoms with van der Waals surface area (Å²) in [6, 6.07) is 12.0. The maximum atomic E-state index is 13.2. The molecule has 122 valence electrons. The second kappa shape index (κ2) is 7.77. The number of hydrogen-bond donors (Lipinski definition) is 1. The number of aryl methyl sites for hydroxylation is 1. The molecule has 3 nitrogen and oxygen atoms in total. The predicted molar refractivity (Wildman–Crippen MR) is 90.4 cm³/mol. The van der Waals surface area contributed by atoms with Crippen molar-refractivity contribution in [2.24, 2.45) is 0 Å². The van der Waals surface area contributed by atoms with Crippen molar-refractivity contribution in [3.63, 3.8) is 0 Å². The molecule has 0 bridgehead atoms. The van der Waals surface area contributed by atoms with Crippen molar-refractivity contribution in [1.82, 2.24) is 0 Å². The van der Waals surface area contributed by atoms with E-state index in [2.05, 4.69) is 19.2 Å². The SMILES string of the molecule is CCC(C)c1ccccc1OCC(=O)Nc1cc(F)ccc1C. The number of benzene rings is 2. The number of hydrogen-bond acceptors (Lipinski definition) is 2. The van der Waals surface area contributed by atoms with Crippen molar-refractivity contribution in [3.05, 3.63) is 59.4 Å². The minimum absolute atomic E-state index is 0.108. The summed E-state index contributed by atoms with van der Waals surface area (Å²) in [7, 11) is 0. The molecule has 2 aromatic carbocycles. The number of amides is 1.